The summed E-state index contributed by atoms with van der Waals surface area (Å²) >= 11 is 3.28. The molecule has 0 atom stereocenters. The molecule has 0 aliphatic carbocycles. The molecule has 0 bridgehead atoms. The molecular weight excluding hydrogens is 282 g/mol. The van der Waals surface area contributed by atoms with Gasteiger partial charge in [-0.05, 0) is 30.0 Å². The minimum Gasteiger partial charge on any atom is -0.507 e. The van der Waals surface area contributed by atoms with E-state index in [1.54, 1.807) is 12.1 Å². The van der Waals surface area contributed by atoms with Crippen molar-refractivity contribution in [3.63, 3.8) is 0 Å². The van der Waals surface area contributed by atoms with E-state index in [0.717, 1.165) is 10.9 Å². The third-order valence-corrected chi connectivity index (χ3v) is 3.38. The number of phenols is 1. The van der Waals surface area contributed by atoms with Crippen molar-refractivity contribution in [3.8, 4) is 5.75 Å². The van der Waals surface area contributed by atoms with Crippen molar-refractivity contribution in [2.75, 3.05) is 6.54 Å². The molecule has 3 nitrogen and oxygen atoms in total. The number of hydrogen-bond donors (Lipinski definition) is 2. The molecule has 17 heavy (non-hydrogen) atoms. The number of phenolic OH excluding ortho intramolecular Hbond substituents is 1. The average molecular weight is 300 g/mol. The summed E-state index contributed by atoms with van der Waals surface area (Å²) in [6.45, 7) is 6.86. The molecule has 0 radical (unpaired) electrons. The molecule has 4 heteroatoms. The van der Waals surface area contributed by atoms with E-state index in [9.17, 15) is 9.90 Å². The number of rotatable bonds is 4. The summed E-state index contributed by atoms with van der Waals surface area (Å²) in [4.78, 5) is 11.9. The van der Waals surface area contributed by atoms with E-state index in [1.807, 2.05) is 0 Å². The summed E-state index contributed by atoms with van der Waals surface area (Å²) in [6, 6.07) is 4.82. The highest BCUT2D eigenvalue weighted by molar-refractivity contribution is 9.10. The summed E-state index contributed by atoms with van der Waals surface area (Å²) < 4.78 is 0.773. The molecule has 0 fully saturated rings. The van der Waals surface area contributed by atoms with Gasteiger partial charge in [0.15, 0.2) is 0 Å². The van der Waals surface area contributed by atoms with Crippen molar-refractivity contribution < 1.29 is 9.90 Å². The maximum Gasteiger partial charge on any atom is 0.255 e. The topological polar surface area (TPSA) is 49.3 Å². The van der Waals surface area contributed by atoms with Gasteiger partial charge in [0.1, 0.15) is 5.75 Å². The third kappa shape index (κ3) is 4.04. The van der Waals surface area contributed by atoms with E-state index in [4.69, 9.17) is 0 Å². The highest BCUT2D eigenvalue weighted by atomic mass is 79.9. The second kappa shape index (κ2) is 5.54. The quantitative estimate of drug-likeness (QED) is 0.896. The number of halogens is 1. The molecule has 1 aromatic carbocycles. The first-order valence-electron chi connectivity index (χ1n) is 5.62. The van der Waals surface area contributed by atoms with E-state index in [2.05, 4.69) is 42.0 Å². The van der Waals surface area contributed by atoms with Crippen molar-refractivity contribution in [3.05, 3.63) is 28.2 Å². The van der Waals surface area contributed by atoms with E-state index >= 15 is 0 Å². The predicted octanol–water partition coefficient (Wildman–Crippen LogP) is 3.32. The van der Waals surface area contributed by atoms with Gasteiger partial charge < -0.3 is 10.4 Å². The molecule has 94 valence electrons. The number of hydrogen-bond acceptors (Lipinski definition) is 2. The fourth-order valence-corrected chi connectivity index (χ4v) is 1.59. The van der Waals surface area contributed by atoms with E-state index < -0.39 is 0 Å². The number of carbonyl (C=O) groups is 1. The molecule has 0 aromatic heterocycles. The smallest absolute Gasteiger partial charge is 0.255 e. The molecule has 0 saturated heterocycles. The van der Waals surface area contributed by atoms with Gasteiger partial charge in [0.05, 0.1) is 5.56 Å². The summed E-state index contributed by atoms with van der Waals surface area (Å²) in [5.41, 5.74) is 0.364. The highest BCUT2D eigenvalue weighted by Gasteiger charge is 2.18. The standard InChI is InChI=1S/C13H18BrNO2/c1-4-13(2,3)8-15-12(17)10-7-9(14)5-6-11(10)16/h5-7,16H,4,8H2,1-3H3,(H,15,17). The van der Waals surface area contributed by atoms with Gasteiger partial charge in [0, 0.05) is 11.0 Å². The van der Waals surface area contributed by atoms with Crippen LogP contribution in [0.2, 0.25) is 0 Å². The number of carbonyl (C=O) groups excluding carboxylic acids is 1. The Balaban J connectivity index is 2.74. The van der Waals surface area contributed by atoms with Crippen LogP contribution in [0, 0.1) is 5.41 Å². The van der Waals surface area contributed by atoms with Gasteiger partial charge in [-0.3, -0.25) is 4.79 Å². The first kappa shape index (κ1) is 14.0. The third-order valence-electron chi connectivity index (χ3n) is 2.89. The van der Waals surface area contributed by atoms with Gasteiger partial charge in [-0.15, -0.1) is 0 Å². The molecule has 0 saturated carbocycles. The second-order valence-electron chi connectivity index (χ2n) is 4.86. The number of amides is 1. The molecule has 0 aliphatic rings. The van der Waals surface area contributed by atoms with E-state index in [-0.39, 0.29) is 17.1 Å². The van der Waals surface area contributed by atoms with Crippen molar-refractivity contribution in [2.24, 2.45) is 5.41 Å². The van der Waals surface area contributed by atoms with Crippen LogP contribution in [-0.2, 0) is 0 Å². The maximum absolute atomic E-state index is 11.9. The van der Waals surface area contributed by atoms with Crippen molar-refractivity contribution in [1.82, 2.24) is 5.32 Å². The first-order valence-corrected chi connectivity index (χ1v) is 6.42. The molecule has 0 aliphatic heterocycles. The van der Waals surface area contributed by atoms with Crippen LogP contribution in [0.3, 0.4) is 0 Å². The van der Waals surface area contributed by atoms with Crippen LogP contribution in [0.5, 0.6) is 5.75 Å². The lowest BCUT2D eigenvalue weighted by Gasteiger charge is -2.22. The Labute approximate surface area is 110 Å². The Bertz CT molecular complexity index is 416. The van der Waals surface area contributed by atoms with Gasteiger partial charge >= 0.3 is 0 Å². The zero-order valence-electron chi connectivity index (χ0n) is 10.4. The Morgan fingerprint density at radius 2 is 2.12 bits per heavy atom. The SMILES string of the molecule is CCC(C)(C)CNC(=O)c1cc(Br)ccc1O. The number of nitrogens with one attached hydrogen (secondary N) is 1. The van der Waals surface area contributed by atoms with Crippen LogP contribution in [0.15, 0.2) is 22.7 Å². The van der Waals surface area contributed by atoms with Crippen LogP contribution >= 0.6 is 15.9 Å². The summed E-state index contributed by atoms with van der Waals surface area (Å²) in [6.07, 6.45) is 0.984. The largest absolute Gasteiger partial charge is 0.507 e. The Morgan fingerprint density at radius 1 is 1.47 bits per heavy atom. The predicted molar refractivity (Wildman–Crippen MR) is 72.2 cm³/mol. The Morgan fingerprint density at radius 3 is 2.71 bits per heavy atom. The fourth-order valence-electron chi connectivity index (χ4n) is 1.23. The molecule has 0 unspecified atom stereocenters. The Kier molecular flexibility index (Phi) is 4.57. The molecule has 1 aromatic rings. The lowest BCUT2D eigenvalue weighted by Crippen LogP contribution is -2.33. The fraction of sp³-hybridized carbons (Fsp3) is 0.462. The highest BCUT2D eigenvalue weighted by Crippen LogP contribution is 2.22. The zero-order valence-corrected chi connectivity index (χ0v) is 12.0. The number of aromatic hydroxyl groups is 1. The molecule has 2 N–H and O–H groups in total. The molecule has 1 amide bonds. The minimum absolute atomic E-state index is 0.00000425. The van der Waals surface area contributed by atoms with E-state index in [0.29, 0.717) is 12.1 Å². The first-order chi connectivity index (χ1) is 7.85. The Hall–Kier alpha value is -1.03. The number of benzene rings is 1. The molecular formula is C13H18BrNO2. The monoisotopic (exact) mass is 299 g/mol. The molecule has 1 rings (SSSR count). The van der Waals surface area contributed by atoms with Gasteiger partial charge in [0.2, 0.25) is 0 Å². The molecule has 0 spiro atoms. The van der Waals surface area contributed by atoms with Crippen molar-refractivity contribution >= 4 is 21.8 Å². The summed E-state index contributed by atoms with van der Waals surface area (Å²) in [7, 11) is 0. The van der Waals surface area contributed by atoms with Crippen LogP contribution in [-0.4, -0.2) is 17.6 Å². The van der Waals surface area contributed by atoms with Crippen LogP contribution in [0.1, 0.15) is 37.6 Å². The second-order valence-corrected chi connectivity index (χ2v) is 5.78. The van der Waals surface area contributed by atoms with Crippen LogP contribution in [0.4, 0.5) is 0 Å². The minimum atomic E-state index is -0.245. The summed E-state index contributed by atoms with van der Waals surface area (Å²) in [5, 5.41) is 12.4. The van der Waals surface area contributed by atoms with Gasteiger partial charge in [-0.1, -0.05) is 36.7 Å². The lowest BCUT2D eigenvalue weighted by molar-refractivity contribution is 0.0933. The lowest BCUT2D eigenvalue weighted by atomic mass is 9.90. The average Bonchev–Trinajstić information content (AvgIpc) is 2.29. The van der Waals surface area contributed by atoms with Crippen molar-refractivity contribution in [1.29, 1.82) is 0 Å². The maximum atomic E-state index is 11.9. The summed E-state index contributed by atoms with van der Waals surface area (Å²) in [5.74, 6) is -0.245. The van der Waals surface area contributed by atoms with Gasteiger partial charge in [0.25, 0.3) is 5.91 Å². The molecule has 0 heterocycles. The van der Waals surface area contributed by atoms with Crippen molar-refractivity contribution in [2.45, 2.75) is 27.2 Å². The normalized spacial score (nSPS) is 11.3. The van der Waals surface area contributed by atoms with Crippen LogP contribution in [0.25, 0.3) is 0 Å². The zero-order chi connectivity index (χ0) is 13.1. The van der Waals surface area contributed by atoms with E-state index in [1.165, 1.54) is 6.07 Å². The van der Waals surface area contributed by atoms with Gasteiger partial charge in [-0.2, -0.15) is 0 Å². The van der Waals surface area contributed by atoms with Gasteiger partial charge in [-0.25, -0.2) is 0 Å². The van der Waals surface area contributed by atoms with Crippen LogP contribution < -0.4 is 5.32 Å².